The van der Waals surface area contributed by atoms with Crippen LogP contribution in [0.5, 0.6) is 0 Å². The maximum Gasteiger partial charge on any atom is 0.177 e. The van der Waals surface area contributed by atoms with Crippen LogP contribution in [-0.2, 0) is 13.1 Å². The largest absolute Gasteiger partial charge is 0.349 e. The molecule has 0 N–H and O–H groups in total. The fourth-order valence-corrected chi connectivity index (χ4v) is 4.33. The van der Waals surface area contributed by atoms with Crippen LogP contribution < -0.4 is 4.90 Å². The Morgan fingerprint density at radius 2 is 1.96 bits per heavy atom. The maximum atomic E-state index is 4.72. The third-order valence-electron chi connectivity index (χ3n) is 5.84. The first kappa shape index (κ1) is 16.7. The Hall–Kier alpha value is -2.48. The minimum absolute atomic E-state index is 0.562. The minimum Gasteiger partial charge on any atom is -0.349 e. The number of hydrogen-bond acceptors (Lipinski definition) is 6. The summed E-state index contributed by atoms with van der Waals surface area (Å²) in [4.78, 5) is 5.00. The zero-order chi connectivity index (χ0) is 18.1. The Morgan fingerprint density at radius 1 is 1.04 bits per heavy atom. The van der Waals surface area contributed by atoms with Gasteiger partial charge in [-0.3, -0.25) is 4.68 Å². The smallest absolute Gasteiger partial charge is 0.177 e. The molecule has 0 unspecified atom stereocenters. The van der Waals surface area contributed by atoms with Gasteiger partial charge in [0.1, 0.15) is 12.1 Å². The maximum absolute atomic E-state index is 4.72. The first-order valence-electron chi connectivity index (χ1n) is 10.0. The molecule has 3 aromatic rings. The van der Waals surface area contributed by atoms with E-state index in [-0.39, 0.29) is 0 Å². The Labute approximate surface area is 158 Å². The van der Waals surface area contributed by atoms with Crippen LogP contribution in [0.3, 0.4) is 0 Å². The molecule has 1 fully saturated rings. The molecule has 27 heavy (non-hydrogen) atoms. The number of likely N-dealkylation sites (tertiary alicyclic amines) is 1. The SMILES string of the molecule is c1cc2n(n1)C[C@@H](CCN1CCCCC1)CN(c1ccc3nncn3n1)C2. The summed E-state index contributed by atoms with van der Waals surface area (Å²) in [6.45, 7) is 6.53. The van der Waals surface area contributed by atoms with E-state index in [0.717, 1.165) is 31.1 Å². The van der Waals surface area contributed by atoms with E-state index in [2.05, 4.69) is 41.9 Å². The molecule has 8 nitrogen and oxygen atoms in total. The molecule has 0 spiro atoms. The Bertz CT molecular complexity index is 894. The molecule has 2 aliphatic rings. The highest BCUT2D eigenvalue weighted by Gasteiger charge is 2.24. The zero-order valence-electron chi connectivity index (χ0n) is 15.6. The van der Waals surface area contributed by atoms with E-state index in [1.54, 1.807) is 10.8 Å². The average Bonchev–Trinajstić information content (AvgIpc) is 3.31. The monoisotopic (exact) mass is 366 g/mol. The van der Waals surface area contributed by atoms with E-state index < -0.39 is 0 Å². The molecule has 5 rings (SSSR count). The molecule has 0 aromatic carbocycles. The minimum atomic E-state index is 0.562. The van der Waals surface area contributed by atoms with Gasteiger partial charge in [-0.25, -0.2) is 0 Å². The van der Waals surface area contributed by atoms with E-state index in [1.807, 2.05) is 12.3 Å². The molecule has 0 aliphatic carbocycles. The number of aromatic nitrogens is 6. The van der Waals surface area contributed by atoms with Crippen molar-refractivity contribution >= 4 is 11.5 Å². The van der Waals surface area contributed by atoms with Crippen molar-refractivity contribution in [2.75, 3.05) is 31.1 Å². The lowest BCUT2D eigenvalue weighted by molar-refractivity contribution is 0.208. The lowest BCUT2D eigenvalue weighted by atomic mass is 10.0. The van der Waals surface area contributed by atoms with E-state index in [4.69, 9.17) is 5.10 Å². The summed E-state index contributed by atoms with van der Waals surface area (Å²) in [5.41, 5.74) is 2.03. The fourth-order valence-electron chi connectivity index (χ4n) is 4.33. The Balaban J connectivity index is 1.36. The molecule has 0 radical (unpaired) electrons. The molecule has 1 saturated heterocycles. The second-order valence-electron chi connectivity index (χ2n) is 7.77. The Kier molecular flexibility index (Phi) is 4.49. The summed E-state index contributed by atoms with van der Waals surface area (Å²) in [5.74, 6) is 1.53. The van der Waals surface area contributed by atoms with E-state index in [9.17, 15) is 0 Å². The van der Waals surface area contributed by atoms with Gasteiger partial charge in [-0.2, -0.15) is 9.61 Å². The molecule has 2 aliphatic heterocycles. The van der Waals surface area contributed by atoms with Crippen molar-refractivity contribution < 1.29 is 0 Å². The quantitative estimate of drug-likeness (QED) is 0.702. The topological polar surface area (TPSA) is 67.4 Å². The molecule has 0 amide bonds. The van der Waals surface area contributed by atoms with Gasteiger partial charge in [-0.05, 0) is 63.0 Å². The van der Waals surface area contributed by atoms with E-state index in [1.165, 1.54) is 51.0 Å². The average molecular weight is 366 g/mol. The molecule has 142 valence electrons. The van der Waals surface area contributed by atoms with Crippen LogP contribution in [0.15, 0.2) is 30.7 Å². The van der Waals surface area contributed by atoms with Gasteiger partial charge >= 0.3 is 0 Å². The summed E-state index contributed by atoms with van der Waals surface area (Å²) in [7, 11) is 0. The number of nitrogens with zero attached hydrogens (tertiary/aromatic N) is 8. The first-order valence-corrected chi connectivity index (χ1v) is 10.0. The molecule has 1 atom stereocenters. The zero-order valence-corrected chi connectivity index (χ0v) is 15.6. The number of hydrogen-bond donors (Lipinski definition) is 0. The third-order valence-corrected chi connectivity index (χ3v) is 5.84. The van der Waals surface area contributed by atoms with Crippen molar-refractivity contribution in [3.63, 3.8) is 0 Å². The molecule has 3 aromatic heterocycles. The highest BCUT2D eigenvalue weighted by Crippen LogP contribution is 2.23. The van der Waals surface area contributed by atoms with Crippen LogP contribution >= 0.6 is 0 Å². The van der Waals surface area contributed by atoms with Crippen molar-refractivity contribution in [3.05, 3.63) is 36.4 Å². The lowest BCUT2D eigenvalue weighted by Crippen LogP contribution is -2.34. The second kappa shape index (κ2) is 7.26. The third kappa shape index (κ3) is 3.53. The van der Waals surface area contributed by atoms with Crippen LogP contribution in [0.2, 0.25) is 0 Å². The second-order valence-corrected chi connectivity index (χ2v) is 7.77. The predicted octanol–water partition coefficient (Wildman–Crippen LogP) is 1.83. The van der Waals surface area contributed by atoms with Crippen molar-refractivity contribution in [2.45, 2.75) is 38.8 Å². The van der Waals surface area contributed by atoms with E-state index >= 15 is 0 Å². The highest BCUT2D eigenvalue weighted by molar-refractivity contribution is 5.45. The van der Waals surface area contributed by atoms with Crippen molar-refractivity contribution in [1.29, 1.82) is 0 Å². The lowest BCUT2D eigenvalue weighted by Gasteiger charge is -2.29. The first-order chi connectivity index (χ1) is 13.3. The highest BCUT2D eigenvalue weighted by atomic mass is 15.4. The molecule has 0 bridgehead atoms. The summed E-state index contributed by atoms with van der Waals surface area (Å²) in [5, 5.41) is 17.3. The van der Waals surface area contributed by atoms with Gasteiger partial charge in [0.05, 0.1) is 12.2 Å². The van der Waals surface area contributed by atoms with Crippen LogP contribution in [0.4, 0.5) is 5.82 Å². The van der Waals surface area contributed by atoms with Gasteiger partial charge in [0.15, 0.2) is 5.65 Å². The number of piperidine rings is 1. The number of fused-ring (bicyclic) bond motifs is 2. The summed E-state index contributed by atoms with van der Waals surface area (Å²) >= 11 is 0. The summed E-state index contributed by atoms with van der Waals surface area (Å²) in [6, 6.07) is 6.16. The van der Waals surface area contributed by atoms with Crippen LogP contribution in [0, 0.1) is 5.92 Å². The van der Waals surface area contributed by atoms with Gasteiger partial charge in [0.2, 0.25) is 0 Å². The predicted molar refractivity (Wildman–Crippen MR) is 102 cm³/mol. The van der Waals surface area contributed by atoms with Crippen molar-refractivity contribution in [1.82, 2.24) is 34.5 Å². The molecular formula is C19H26N8. The molecule has 5 heterocycles. The van der Waals surface area contributed by atoms with Crippen LogP contribution in [0.25, 0.3) is 5.65 Å². The van der Waals surface area contributed by atoms with E-state index in [0.29, 0.717) is 5.92 Å². The fraction of sp³-hybridized carbons (Fsp3) is 0.579. The standard InChI is InChI=1S/C19H26N8/c1-2-9-24(10-3-1)11-7-16-12-25(14-17-6-8-21-26(17)13-16)19-5-4-18-22-20-15-27(18)23-19/h4-6,8,15-16H,1-3,7,9-14H2/t16-/m0/s1. The Morgan fingerprint density at radius 3 is 2.89 bits per heavy atom. The molecule has 8 heteroatoms. The van der Waals surface area contributed by atoms with Gasteiger partial charge < -0.3 is 9.80 Å². The van der Waals surface area contributed by atoms with Gasteiger partial charge in [-0.1, -0.05) is 6.42 Å². The summed E-state index contributed by atoms with van der Waals surface area (Å²) < 4.78 is 3.93. The number of rotatable bonds is 4. The summed E-state index contributed by atoms with van der Waals surface area (Å²) in [6.07, 6.45) is 8.86. The van der Waals surface area contributed by atoms with Crippen LogP contribution in [-0.4, -0.2) is 60.7 Å². The number of anilines is 1. The van der Waals surface area contributed by atoms with Crippen molar-refractivity contribution in [2.24, 2.45) is 5.92 Å². The van der Waals surface area contributed by atoms with Gasteiger partial charge in [0.25, 0.3) is 0 Å². The van der Waals surface area contributed by atoms with Gasteiger partial charge in [0, 0.05) is 19.3 Å². The van der Waals surface area contributed by atoms with Crippen LogP contribution in [0.1, 0.15) is 31.4 Å². The molecular weight excluding hydrogens is 340 g/mol. The normalized spacial score (nSPS) is 21.3. The molecule has 0 saturated carbocycles. The van der Waals surface area contributed by atoms with Gasteiger partial charge in [-0.15, -0.1) is 15.3 Å². The van der Waals surface area contributed by atoms with Crippen molar-refractivity contribution in [3.8, 4) is 0 Å².